The number of carbonyl (C=O) groups excluding carboxylic acids is 3. The molecule has 34 heavy (non-hydrogen) atoms. The Morgan fingerprint density at radius 2 is 1.79 bits per heavy atom. The molecular weight excluding hydrogens is 440 g/mol. The smallest absolute Gasteiger partial charge is 0.432 e. The van der Waals surface area contributed by atoms with Crippen LogP contribution in [-0.4, -0.2) is 59.3 Å². The highest BCUT2D eigenvalue weighted by molar-refractivity contribution is 6.03. The summed E-state index contributed by atoms with van der Waals surface area (Å²) in [6.07, 6.45) is -0.826. The number of amides is 3. The van der Waals surface area contributed by atoms with Gasteiger partial charge >= 0.3 is 12.0 Å². The van der Waals surface area contributed by atoms with Gasteiger partial charge in [0.2, 0.25) is 6.23 Å². The number of hydrogen-bond donors (Lipinski definition) is 2. The van der Waals surface area contributed by atoms with Crippen molar-refractivity contribution in [3.05, 3.63) is 83.6 Å². The summed E-state index contributed by atoms with van der Waals surface area (Å²) in [7, 11) is 0. The van der Waals surface area contributed by atoms with Crippen LogP contribution in [0.3, 0.4) is 0 Å². The maximum atomic E-state index is 13.1. The van der Waals surface area contributed by atoms with Gasteiger partial charge < -0.3 is 19.3 Å². The highest BCUT2D eigenvalue weighted by atomic mass is 16.6. The number of esters is 1. The summed E-state index contributed by atoms with van der Waals surface area (Å²) >= 11 is 0. The van der Waals surface area contributed by atoms with Gasteiger partial charge in [-0.25, -0.2) is 14.9 Å². The second-order valence-electron chi connectivity index (χ2n) is 8.32. The van der Waals surface area contributed by atoms with Crippen LogP contribution in [0.15, 0.2) is 72.4 Å². The average molecular weight is 467 g/mol. The second kappa shape index (κ2) is 10.3. The Bertz CT molecular complexity index is 1070. The summed E-state index contributed by atoms with van der Waals surface area (Å²) in [4.78, 5) is 37.8. The minimum atomic E-state index is -0.843. The zero-order valence-electron chi connectivity index (χ0n) is 18.8. The molecule has 4 atom stereocenters. The van der Waals surface area contributed by atoms with E-state index < -0.39 is 47.4 Å². The van der Waals surface area contributed by atoms with Crippen LogP contribution in [0.5, 0.6) is 0 Å². The normalized spacial score (nSPS) is 26.6. The lowest BCUT2D eigenvalue weighted by molar-refractivity contribution is -0.872. The van der Waals surface area contributed by atoms with Crippen LogP contribution in [0.1, 0.15) is 29.3 Å². The summed E-state index contributed by atoms with van der Waals surface area (Å²) < 4.78 is 17.1. The predicted octanol–water partition coefficient (Wildman–Crippen LogP) is 2.46. The Labute approximate surface area is 197 Å². The molecule has 0 aliphatic carbocycles. The molecule has 9 heteroatoms. The van der Waals surface area contributed by atoms with E-state index in [1.165, 1.54) is 6.20 Å². The molecule has 2 aromatic rings. The van der Waals surface area contributed by atoms with Gasteiger partial charge in [-0.2, -0.15) is 4.48 Å². The fraction of sp³-hybridized carbons (Fsp3) is 0.320. The van der Waals surface area contributed by atoms with E-state index >= 15 is 0 Å². The van der Waals surface area contributed by atoms with Crippen molar-refractivity contribution in [1.29, 1.82) is 0 Å². The number of aliphatic hydroxyl groups excluding tert-OH is 1. The Balaban J connectivity index is 1.55. The molecular formula is C25H27N2O7+. The predicted molar refractivity (Wildman–Crippen MR) is 120 cm³/mol. The van der Waals surface area contributed by atoms with E-state index in [1.54, 1.807) is 37.3 Å². The molecule has 2 N–H and O–H groups in total. The molecule has 2 aliphatic heterocycles. The number of benzene rings is 2. The molecule has 0 aromatic heterocycles. The maximum Gasteiger partial charge on any atom is 0.432 e. The fourth-order valence-corrected chi connectivity index (χ4v) is 4.10. The molecule has 0 bridgehead atoms. The summed E-state index contributed by atoms with van der Waals surface area (Å²) in [6, 6.07) is 17.4. The van der Waals surface area contributed by atoms with Crippen LogP contribution in [0.25, 0.3) is 0 Å². The number of rotatable bonds is 8. The summed E-state index contributed by atoms with van der Waals surface area (Å²) in [6.45, 7) is 1.32. The number of quaternary nitrogens is 1. The zero-order chi connectivity index (χ0) is 24.1. The van der Waals surface area contributed by atoms with E-state index in [0.717, 1.165) is 5.56 Å². The third-order valence-corrected chi connectivity index (χ3v) is 5.94. The Hall–Kier alpha value is -3.37. The molecule has 1 unspecified atom stereocenters. The molecule has 0 radical (unpaired) electrons. The van der Waals surface area contributed by atoms with Crippen molar-refractivity contribution in [2.24, 2.45) is 0 Å². The highest BCUT2D eigenvalue weighted by Crippen LogP contribution is 2.34. The van der Waals surface area contributed by atoms with Gasteiger partial charge in [-0.05, 0) is 24.6 Å². The van der Waals surface area contributed by atoms with E-state index in [1.807, 2.05) is 30.3 Å². The number of ether oxygens (including phenoxy) is 3. The van der Waals surface area contributed by atoms with Gasteiger partial charge in [0.05, 0.1) is 30.8 Å². The first-order valence-corrected chi connectivity index (χ1v) is 11.0. The zero-order valence-corrected chi connectivity index (χ0v) is 18.8. The molecule has 4 rings (SSSR count). The lowest BCUT2D eigenvalue weighted by Gasteiger charge is -2.37. The topological polar surface area (TPSA) is 111 Å². The van der Waals surface area contributed by atoms with E-state index in [4.69, 9.17) is 14.2 Å². The quantitative estimate of drug-likeness (QED) is 0.453. The minimum Gasteiger partial charge on any atom is -0.456 e. The number of urea groups is 1. The van der Waals surface area contributed by atoms with Gasteiger partial charge in [-0.1, -0.05) is 48.5 Å². The molecule has 3 amide bonds. The van der Waals surface area contributed by atoms with E-state index in [9.17, 15) is 19.5 Å². The fourth-order valence-electron chi connectivity index (χ4n) is 4.10. The summed E-state index contributed by atoms with van der Waals surface area (Å²) in [5, 5.41) is 12.2. The van der Waals surface area contributed by atoms with Crippen molar-refractivity contribution in [2.45, 2.75) is 38.4 Å². The van der Waals surface area contributed by atoms with Gasteiger partial charge in [-0.15, -0.1) is 0 Å². The lowest BCUT2D eigenvalue weighted by Crippen LogP contribution is -2.64. The highest BCUT2D eigenvalue weighted by Gasteiger charge is 2.55. The van der Waals surface area contributed by atoms with Crippen molar-refractivity contribution in [1.82, 2.24) is 5.32 Å². The van der Waals surface area contributed by atoms with Gasteiger partial charge in [0, 0.05) is 0 Å². The van der Waals surface area contributed by atoms with E-state index in [2.05, 4.69) is 5.32 Å². The van der Waals surface area contributed by atoms with Crippen molar-refractivity contribution < 1.29 is 38.2 Å². The van der Waals surface area contributed by atoms with Crippen LogP contribution >= 0.6 is 0 Å². The number of nitrogens with one attached hydrogen (secondary N) is 1. The van der Waals surface area contributed by atoms with Gasteiger partial charge in [0.1, 0.15) is 18.4 Å². The van der Waals surface area contributed by atoms with Crippen LogP contribution < -0.4 is 5.32 Å². The molecule has 0 saturated carbocycles. The number of aliphatic hydroxyl groups is 1. The van der Waals surface area contributed by atoms with Crippen LogP contribution in [0, 0.1) is 0 Å². The van der Waals surface area contributed by atoms with E-state index in [-0.39, 0.29) is 19.8 Å². The van der Waals surface area contributed by atoms with E-state index in [0.29, 0.717) is 11.1 Å². The molecule has 178 valence electrons. The third-order valence-electron chi connectivity index (χ3n) is 5.94. The molecule has 0 spiro atoms. The van der Waals surface area contributed by atoms with Gasteiger partial charge in [0.15, 0.2) is 6.73 Å². The molecule has 1 fully saturated rings. The number of imide groups is 1. The maximum absolute atomic E-state index is 13.1. The molecule has 2 aromatic carbocycles. The molecule has 2 heterocycles. The molecule has 9 nitrogen and oxygen atoms in total. The van der Waals surface area contributed by atoms with Crippen molar-refractivity contribution in [3.8, 4) is 0 Å². The first kappa shape index (κ1) is 23.8. The van der Waals surface area contributed by atoms with Crippen molar-refractivity contribution >= 4 is 17.9 Å². The lowest BCUT2D eigenvalue weighted by atomic mass is 10.1. The van der Waals surface area contributed by atoms with Crippen molar-refractivity contribution in [3.63, 3.8) is 0 Å². The summed E-state index contributed by atoms with van der Waals surface area (Å²) in [5.74, 6) is -1.05. The third kappa shape index (κ3) is 4.92. The van der Waals surface area contributed by atoms with Gasteiger partial charge in [-0.3, -0.25) is 4.79 Å². The monoisotopic (exact) mass is 467 g/mol. The Morgan fingerprint density at radius 3 is 2.47 bits per heavy atom. The SMILES string of the molecule is CC1=C[N+](COCc2ccccc2)([C@H]2C[C@H](OC(=O)c3ccccc3)[C@@H](CO)O2)C(=O)NC1=O. The Kier molecular flexibility index (Phi) is 7.18. The largest absolute Gasteiger partial charge is 0.456 e. The first-order chi connectivity index (χ1) is 16.4. The number of carbonyl (C=O) groups is 3. The van der Waals surface area contributed by atoms with Crippen LogP contribution in [-0.2, 0) is 25.6 Å². The summed E-state index contributed by atoms with van der Waals surface area (Å²) in [5.41, 5.74) is 1.62. The van der Waals surface area contributed by atoms with Crippen LogP contribution in [0.2, 0.25) is 0 Å². The first-order valence-electron chi connectivity index (χ1n) is 11.0. The minimum absolute atomic E-state index is 0.118. The number of nitrogens with zero attached hydrogens (tertiary/aromatic N) is 1. The molecule has 2 aliphatic rings. The van der Waals surface area contributed by atoms with Gasteiger partial charge in [0.25, 0.3) is 5.91 Å². The second-order valence-corrected chi connectivity index (χ2v) is 8.32. The Morgan fingerprint density at radius 1 is 1.12 bits per heavy atom. The van der Waals surface area contributed by atoms with Crippen molar-refractivity contribution in [2.75, 3.05) is 13.3 Å². The number of hydrogen-bond acceptors (Lipinski definition) is 7. The molecule has 1 saturated heterocycles. The average Bonchev–Trinajstić information content (AvgIpc) is 3.26. The standard InChI is InChI=1S/C25H26N2O7/c1-17-13-27(25(31)26-23(17)29,16-32-15-18-8-4-2-5-9-18)22-12-20(21(14-28)33-22)34-24(30)19-10-6-3-7-11-19/h2-11,13,20-22,28H,12,14-16H2,1H3/p+1/t20-,21+,22+,27?/m0/s1. The van der Waals surface area contributed by atoms with Crippen LogP contribution in [0.4, 0.5) is 4.79 Å².